The summed E-state index contributed by atoms with van der Waals surface area (Å²) in [5.74, 6) is -0.542. The van der Waals surface area contributed by atoms with Crippen LogP contribution in [0.4, 0.5) is 0 Å². The van der Waals surface area contributed by atoms with Crippen LogP contribution in [0.2, 0.25) is 0 Å². The summed E-state index contributed by atoms with van der Waals surface area (Å²) < 4.78 is 6.94. The Morgan fingerprint density at radius 1 is 1.53 bits per heavy atom. The smallest absolute Gasteiger partial charge is 0.377 e. The zero-order valence-electron chi connectivity index (χ0n) is 10.5. The highest BCUT2D eigenvalue weighted by Crippen LogP contribution is 2.24. The number of nitrogens with two attached hydrogens (primary N) is 1. The first kappa shape index (κ1) is 13.7. The molecule has 1 unspecified atom stereocenters. The lowest BCUT2D eigenvalue weighted by molar-refractivity contribution is 0.0587. The van der Waals surface area contributed by atoms with Gasteiger partial charge < -0.3 is 10.5 Å². The van der Waals surface area contributed by atoms with Gasteiger partial charge in [-0.1, -0.05) is 22.0 Å². The van der Waals surface area contributed by atoms with E-state index in [9.17, 15) is 4.79 Å². The predicted octanol–water partition coefficient (Wildman–Crippen LogP) is 1.84. The van der Waals surface area contributed by atoms with Crippen LogP contribution < -0.4 is 5.73 Å². The number of rotatable bonds is 3. The van der Waals surface area contributed by atoms with Crippen molar-refractivity contribution in [3.8, 4) is 5.69 Å². The van der Waals surface area contributed by atoms with Gasteiger partial charge in [0.25, 0.3) is 5.82 Å². The van der Waals surface area contributed by atoms with Gasteiger partial charge in [0.1, 0.15) is 6.33 Å². The summed E-state index contributed by atoms with van der Waals surface area (Å²) in [6.07, 6.45) is 1.46. The van der Waals surface area contributed by atoms with Crippen molar-refractivity contribution in [2.45, 2.75) is 13.0 Å². The van der Waals surface area contributed by atoms with Gasteiger partial charge in [-0.3, -0.25) is 0 Å². The van der Waals surface area contributed by atoms with Crippen molar-refractivity contribution in [2.24, 2.45) is 5.73 Å². The first-order valence-corrected chi connectivity index (χ1v) is 6.37. The quantitative estimate of drug-likeness (QED) is 0.871. The Hall–Kier alpha value is -1.73. The molecule has 1 aromatic heterocycles. The molecule has 0 radical (unpaired) electrons. The van der Waals surface area contributed by atoms with Crippen LogP contribution >= 0.6 is 15.9 Å². The molecule has 1 aromatic carbocycles. The van der Waals surface area contributed by atoms with Crippen molar-refractivity contribution >= 4 is 21.9 Å². The molecule has 0 aliphatic rings. The fraction of sp³-hybridized carbons (Fsp3) is 0.250. The van der Waals surface area contributed by atoms with E-state index in [4.69, 9.17) is 5.73 Å². The molecule has 7 heteroatoms. The van der Waals surface area contributed by atoms with Gasteiger partial charge in [-0.05, 0) is 24.6 Å². The van der Waals surface area contributed by atoms with Gasteiger partial charge in [-0.15, -0.1) is 5.10 Å². The third-order valence-electron chi connectivity index (χ3n) is 2.60. The molecule has 2 N–H and O–H groups in total. The first-order valence-electron chi connectivity index (χ1n) is 5.58. The molecule has 0 aliphatic carbocycles. The molecule has 0 saturated carbocycles. The van der Waals surface area contributed by atoms with E-state index in [-0.39, 0.29) is 11.9 Å². The monoisotopic (exact) mass is 324 g/mol. The molecule has 2 rings (SSSR count). The maximum Gasteiger partial charge on any atom is 0.377 e. The summed E-state index contributed by atoms with van der Waals surface area (Å²) in [6.45, 7) is 1.91. The van der Waals surface area contributed by atoms with E-state index in [1.54, 1.807) is 0 Å². The molecule has 19 heavy (non-hydrogen) atoms. The van der Waals surface area contributed by atoms with Crippen LogP contribution in [-0.2, 0) is 4.74 Å². The van der Waals surface area contributed by atoms with E-state index in [0.717, 1.165) is 15.7 Å². The van der Waals surface area contributed by atoms with Crippen LogP contribution in [0.1, 0.15) is 29.1 Å². The van der Waals surface area contributed by atoms with Crippen molar-refractivity contribution in [3.63, 3.8) is 0 Å². The van der Waals surface area contributed by atoms with Gasteiger partial charge in [-0.2, -0.15) is 0 Å². The van der Waals surface area contributed by atoms with E-state index in [1.165, 1.54) is 18.1 Å². The van der Waals surface area contributed by atoms with Crippen LogP contribution in [0.25, 0.3) is 5.69 Å². The topological polar surface area (TPSA) is 83.0 Å². The Bertz CT molecular complexity index is 610. The molecule has 100 valence electrons. The molecule has 0 aliphatic heterocycles. The molecule has 1 atom stereocenters. The SMILES string of the molecule is COC(=O)c1ncn(-c2ccc(C(C)N)c(Br)c2)n1. The Morgan fingerprint density at radius 2 is 2.26 bits per heavy atom. The second kappa shape index (κ2) is 5.50. The largest absolute Gasteiger partial charge is 0.463 e. The normalized spacial score (nSPS) is 12.2. The third kappa shape index (κ3) is 2.82. The zero-order chi connectivity index (χ0) is 14.0. The van der Waals surface area contributed by atoms with Crippen molar-refractivity contribution in [1.82, 2.24) is 14.8 Å². The highest BCUT2D eigenvalue weighted by Gasteiger charge is 2.13. The maximum absolute atomic E-state index is 11.3. The number of ether oxygens (including phenoxy) is 1. The van der Waals surface area contributed by atoms with E-state index in [2.05, 4.69) is 30.7 Å². The van der Waals surface area contributed by atoms with Crippen molar-refractivity contribution in [2.75, 3.05) is 7.11 Å². The Labute approximate surface area is 118 Å². The number of aromatic nitrogens is 3. The number of esters is 1. The van der Waals surface area contributed by atoms with Crippen molar-refractivity contribution < 1.29 is 9.53 Å². The lowest BCUT2D eigenvalue weighted by atomic mass is 10.1. The Morgan fingerprint density at radius 3 is 2.84 bits per heavy atom. The number of carbonyl (C=O) groups excluding carboxylic acids is 1. The fourth-order valence-electron chi connectivity index (χ4n) is 1.60. The maximum atomic E-state index is 11.3. The van der Waals surface area contributed by atoms with E-state index in [0.29, 0.717) is 0 Å². The third-order valence-corrected chi connectivity index (χ3v) is 3.29. The number of hydrogen-bond donors (Lipinski definition) is 1. The molecular weight excluding hydrogens is 312 g/mol. The average Bonchev–Trinajstić information content (AvgIpc) is 2.86. The number of halogens is 1. The summed E-state index contributed by atoms with van der Waals surface area (Å²) in [5, 5.41) is 4.05. The lowest BCUT2D eigenvalue weighted by Gasteiger charge is -2.10. The van der Waals surface area contributed by atoms with Gasteiger partial charge in [0.05, 0.1) is 12.8 Å². The number of nitrogens with zero attached hydrogens (tertiary/aromatic N) is 3. The van der Waals surface area contributed by atoms with Crippen LogP contribution in [0.5, 0.6) is 0 Å². The number of methoxy groups -OCH3 is 1. The minimum atomic E-state index is -0.565. The summed E-state index contributed by atoms with van der Waals surface area (Å²) in [6, 6.07) is 5.57. The summed E-state index contributed by atoms with van der Waals surface area (Å²) in [5.41, 5.74) is 7.61. The number of benzene rings is 1. The van der Waals surface area contributed by atoms with Gasteiger partial charge in [-0.25, -0.2) is 14.5 Å². The van der Waals surface area contributed by atoms with Gasteiger partial charge in [0.2, 0.25) is 0 Å². The molecule has 0 bridgehead atoms. The molecule has 0 saturated heterocycles. The minimum absolute atomic E-state index is 0.0230. The van der Waals surface area contributed by atoms with Crippen molar-refractivity contribution in [3.05, 3.63) is 40.4 Å². The Kier molecular flexibility index (Phi) is 3.96. The molecule has 2 aromatic rings. The highest BCUT2D eigenvalue weighted by molar-refractivity contribution is 9.10. The van der Waals surface area contributed by atoms with Crippen molar-refractivity contribution in [1.29, 1.82) is 0 Å². The minimum Gasteiger partial charge on any atom is -0.463 e. The zero-order valence-corrected chi connectivity index (χ0v) is 12.1. The molecule has 0 spiro atoms. The fourth-order valence-corrected chi connectivity index (χ4v) is 2.33. The number of hydrogen-bond acceptors (Lipinski definition) is 5. The lowest BCUT2D eigenvalue weighted by Crippen LogP contribution is -2.07. The molecule has 0 amide bonds. The van der Waals surface area contributed by atoms with E-state index in [1.807, 2.05) is 25.1 Å². The standard InChI is InChI=1S/C12H13BrN4O2/c1-7(14)9-4-3-8(5-10(9)13)17-6-15-11(16-17)12(18)19-2/h3-7H,14H2,1-2H3. The summed E-state index contributed by atoms with van der Waals surface area (Å²) in [7, 11) is 1.29. The van der Waals surface area contributed by atoms with E-state index >= 15 is 0 Å². The van der Waals surface area contributed by atoms with Crippen LogP contribution in [0, 0.1) is 0 Å². The molecule has 1 heterocycles. The van der Waals surface area contributed by atoms with Gasteiger partial charge >= 0.3 is 5.97 Å². The Balaban J connectivity index is 2.35. The van der Waals surface area contributed by atoms with Gasteiger partial charge in [0.15, 0.2) is 0 Å². The molecular formula is C12H13BrN4O2. The van der Waals surface area contributed by atoms with Crippen LogP contribution in [-0.4, -0.2) is 27.8 Å². The average molecular weight is 325 g/mol. The summed E-state index contributed by atoms with van der Waals surface area (Å²) in [4.78, 5) is 15.2. The highest BCUT2D eigenvalue weighted by atomic mass is 79.9. The summed E-state index contributed by atoms with van der Waals surface area (Å²) >= 11 is 3.46. The molecule has 6 nitrogen and oxygen atoms in total. The van der Waals surface area contributed by atoms with E-state index < -0.39 is 5.97 Å². The first-order chi connectivity index (χ1) is 9.02. The second-order valence-corrected chi connectivity index (χ2v) is 4.85. The van der Waals surface area contributed by atoms with Gasteiger partial charge in [0, 0.05) is 10.5 Å². The van der Waals surface area contributed by atoms with Crippen LogP contribution in [0.3, 0.4) is 0 Å². The molecule has 0 fully saturated rings. The van der Waals surface area contributed by atoms with Crippen LogP contribution in [0.15, 0.2) is 29.0 Å². The number of carbonyl (C=O) groups is 1. The second-order valence-electron chi connectivity index (χ2n) is 4.00. The predicted molar refractivity (Wildman–Crippen MR) is 73.0 cm³/mol.